The minimum absolute atomic E-state index is 0.329. The van der Waals surface area contributed by atoms with Crippen LogP contribution in [0.5, 0.6) is 0 Å². The fraction of sp³-hybridized carbons (Fsp3) is 0.714. The molecule has 1 heterocycles. The van der Waals surface area contributed by atoms with E-state index in [1.165, 1.54) is 37.0 Å². The Morgan fingerprint density at radius 3 is 2.82 bits per heavy atom. The lowest BCUT2D eigenvalue weighted by Gasteiger charge is -2.56. The fourth-order valence-corrected chi connectivity index (χ4v) is 4.12. The molecule has 0 saturated heterocycles. The van der Waals surface area contributed by atoms with Gasteiger partial charge in [-0.3, -0.25) is 0 Å². The van der Waals surface area contributed by atoms with Gasteiger partial charge < -0.3 is 10.5 Å². The van der Waals surface area contributed by atoms with Crippen LogP contribution in [0.15, 0.2) is 17.5 Å². The molecule has 94 valence electrons. The van der Waals surface area contributed by atoms with Crippen molar-refractivity contribution in [2.75, 3.05) is 0 Å². The van der Waals surface area contributed by atoms with E-state index >= 15 is 0 Å². The van der Waals surface area contributed by atoms with E-state index in [1.54, 1.807) is 11.3 Å². The second-order valence-corrected chi connectivity index (χ2v) is 6.55. The predicted molar refractivity (Wildman–Crippen MR) is 71.0 cm³/mol. The normalized spacial score (nSPS) is 31.4. The lowest BCUT2D eigenvalue weighted by molar-refractivity contribution is -0.149. The second kappa shape index (κ2) is 4.71. The molecule has 0 radical (unpaired) electrons. The molecule has 0 amide bonds. The van der Waals surface area contributed by atoms with E-state index in [0.29, 0.717) is 17.6 Å². The van der Waals surface area contributed by atoms with Crippen LogP contribution in [0, 0.1) is 5.41 Å². The van der Waals surface area contributed by atoms with Gasteiger partial charge in [0.05, 0.1) is 12.7 Å². The zero-order chi connectivity index (χ0) is 11.7. The maximum atomic E-state index is 6.25. The van der Waals surface area contributed by atoms with Crippen LogP contribution in [0.3, 0.4) is 0 Å². The Bertz CT molecular complexity index is 356. The molecule has 0 bridgehead atoms. The Morgan fingerprint density at radius 2 is 2.18 bits per heavy atom. The largest absolute Gasteiger partial charge is 0.372 e. The maximum Gasteiger partial charge on any atom is 0.0813 e. The zero-order valence-electron chi connectivity index (χ0n) is 10.2. The SMILES string of the molecule is NC1CC(OCc2cccs2)C12CCCCC2. The molecule has 2 fully saturated rings. The number of ether oxygens (including phenoxy) is 1. The second-order valence-electron chi connectivity index (χ2n) is 5.52. The van der Waals surface area contributed by atoms with Gasteiger partial charge in [0.1, 0.15) is 0 Å². The van der Waals surface area contributed by atoms with Gasteiger partial charge in [-0.15, -0.1) is 11.3 Å². The Labute approximate surface area is 107 Å². The summed E-state index contributed by atoms with van der Waals surface area (Å²) in [6.45, 7) is 0.775. The third-order valence-electron chi connectivity index (χ3n) is 4.64. The summed E-state index contributed by atoms with van der Waals surface area (Å²) in [5, 5.41) is 2.11. The highest BCUT2D eigenvalue weighted by atomic mass is 32.1. The van der Waals surface area contributed by atoms with Crippen LogP contribution in [0.1, 0.15) is 43.4 Å². The summed E-state index contributed by atoms with van der Waals surface area (Å²) in [6, 6.07) is 4.62. The molecule has 3 heteroatoms. The number of hydrogen-bond donors (Lipinski definition) is 1. The van der Waals surface area contributed by atoms with Crippen LogP contribution in [-0.2, 0) is 11.3 Å². The van der Waals surface area contributed by atoms with Crippen molar-refractivity contribution < 1.29 is 4.74 Å². The zero-order valence-corrected chi connectivity index (χ0v) is 11.0. The molecule has 2 nitrogen and oxygen atoms in total. The summed E-state index contributed by atoms with van der Waals surface area (Å²) < 4.78 is 6.12. The quantitative estimate of drug-likeness (QED) is 0.894. The van der Waals surface area contributed by atoms with Gasteiger partial charge >= 0.3 is 0 Å². The van der Waals surface area contributed by atoms with Crippen molar-refractivity contribution in [1.29, 1.82) is 0 Å². The molecule has 2 aliphatic carbocycles. The molecule has 3 rings (SSSR count). The first kappa shape index (κ1) is 11.7. The van der Waals surface area contributed by atoms with Crippen LogP contribution in [0.4, 0.5) is 0 Å². The van der Waals surface area contributed by atoms with Crippen molar-refractivity contribution in [2.45, 2.75) is 57.3 Å². The molecule has 2 saturated carbocycles. The van der Waals surface area contributed by atoms with Crippen molar-refractivity contribution in [3.63, 3.8) is 0 Å². The van der Waals surface area contributed by atoms with E-state index in [-0.39, 0.29) is 0 Å². The van der Waals surface area contributed by atoms with Crippen LogP contribution in [0.2, 0.25) is 0 Å². The van der Waals surface area contributed by atoms with Crippen LogP contribution in [0.25, 0.3) is 0 Å². The molecule has 0 aromatic carbocycles. The standard InChI is InChI=1S/C14H21NOS/c15-12-9-13(14(12)6-2-1-3-7-14)16-10-11-5-4-8-17-11/h4-5,8,12-13H,1-3,6-7,9-10,15H2. The average Bonchev–Trinajstić information content (AvgIpc) is 2.88. The first-order valence-corrected chi connectivity index (χ1v) is 7.59. The monoisotopic (exact) mass is 251 g/mol. The van der Waals surface area contributed by atoms with Crippen molar-refractivity contribution in [2.24, 2.45) is 11.1 Å². The smallest absolute Gasteiger partial charge is 0.0813 e. The van der Waals surface area contributed by atoms with E-state index in [4.69, 9.17) is 10.5 Å². The van der Waals surface area contributed by atoms with Gasteiger partial charge in [-0.25, -0.2) is 0 Å². The Kier molecular flexibility index (Phi) is 3.24. The first-order chi connectivity index (χ1) is 8.31. The molecule has 1 spiro atoms. The molecule has 1 aromatic heterocycles. The summed E-state index contributed by atoms with van der Waals surface area (Å²) in [5.41, 5.74) is 6.58. The molecule has 17 heavy (non-hydrogen) atoms. The Morgan fingerprint density at radius 1 is 1.35 bits per heavy atom. The lowest BCUT2D eigenvalue weighted by Crippen LogP contribution is -2.62. The highest BCUT2D eigenvalue weighted by molar-refractivity contribution is 7.09. The van der Waals surface area contributed by atoms with Crippen LogP contribution in [-0.4, -0.2) is 12.1 Å². The summed E-state index contributed by atoms with van der Waals surface area (Å²) in [6.07, 6.45) is 8.10. The Balaban J connectivity index is 1.60. The molecule has 2 N–H and O–H groups in total. The first-order valence-electron chi connectivity index (χ1n) is 6.71. The molecule has 2 unspecified atom stereocenters. The number of nitrogens with two attached hydrogens (primary N) is 1. The lowest BCUT2D eigenvalue weighted by atomic mass is 9.55. The van der Waals surface area contributed by atoms with Gasteiger partial charge in [0.2, 0.25) is 0 Å². The van der Waals surface area contributed by atoms with Gasteiger partial charge in [0.15, 0.2) is 0 Å². The summed E-state index contributed by atoms with van der Waals surface area (Å²) in [5.74, 6) is 0. The maximum absolute atomic E-state index is 6.25. The third kappa shape index (κ3) is 2.05. The van der Waals surface area contributed by atoms with E-state index in [9.17, 15) is 0 Å². The minimum atomic E-state index is 0.329. The van der Waals surface area contributed by atoms with Gasteiger partial charge in [-0.2, -0.15) is 0 Å². The van der Waals surface area contributed by atoms with Gasteiger partial charge in [0, 0.05) is 16.3 Å². The third-order valence-corrected chi connectivity index (χ3v) is 5.49. The fourth-order valence-electron chi connectivity index (χ4n) is 3.49. The molecule has 2 atom stereocenters. The number of thiophene rings is 1. The summed E-state index contributed by atoms with van der Waals surface area (Å²) in [4.78, 5) is 1.33. The van der Waals surface area contributed by atoms with Gasteiger partial charge in [0.25, 0.3) is 0 Å². The van der Waals surface area contributed by atoms with Crippen LogP contribution < -0.4 is 5.73 Å². The van der Waals surface area contributed by atoms with Crippen LogP contribution >= 0.6 is 11.3 Å². The van der Waals surface area contributed by atoms with Crippen molar-refractivity contribution >= 4 is 11.3 Å². The topological polar surface area (TPSA) is 35.2 Å². The number of hydrogen-bond acceptors (Lipinski definition) is 3. The molecular formula is C14H21NOS. The van der Waals surface area contributed by atoms with Crippen molar-refractivity contribution in [1.82, 2.24) is 0 Å². The molecule has 1 aromatic rings. The molecular weight excluding hydrogens is 230 g/mol. The van der Waals surface area contributed by atoms with Crippen molar-refractivity contribution in [3.8, 4) is 0 Å². The average molecular weight is 251 g/mol. The summed E-state index contributed by atoms with van der Waals surface area (Å²) in [7, 11) is 0. The van der Waals surface area contributed by atoms with E-state index in [0.717, 1.165) is 13.0 Å². The van der Waals surface area contributed by atoms with Gasteiger partial charge in [-0.05, 0) is 30.7 Å². The van der Waals surface area contributed by atoms with E-state index in [2.05, 4.69) is 17.5 Å². The Hall–Kier alpha value is -0.380. The molecule has 2 aliphatic rings. The summed E-state index contributed by atoms with van der Waals surface area (Å²) >= 11 is 1.78. The van der Waals surface area contributed by atoms with Crippen molar-refractivity contribution in [3.05, 3.63) is 22.4 Å². The van der Waals surface area contributed by atoms with E-state index < -0.39 is 0 Å². The highest BCUT2D eigenvalue weighted by Crippen LogP contribution is 2.52. The predicted octanol–water partition coefficient (Wildman–Crippen LogP) is 3.31. The minimum Gasteiger partial charge on any atom is -0.372 e. The highest BCUT2D eigenvalue weighted by Gasteiger charge is 2.53. The molecule has 0 aliphatic heterocycles. The van der Waals surface area contributed by atoms with E-state index in [1.807, 2.05) is 0 Å². The number of rotatable bonds is 3. The van der Waals surface area contributed by atoms with Gasteiger partial charge in [-0.1, -0.05) is 25.3 Å².